The third kappa shape index (κ3) is 3.02. The highest BCUT2D eigenvalue weighted by Gasteiger charge is 2.08. The van der Waals surface area contributed by atoms with Gasteiger partial charge < -0.3 is 14.6 Å². The van der Waals surface area contributed by atoms with Crippen LogP contribution < -0.4 is 5.32 Å². The molecule has 82 valence electrons. The lowest BCUT2D eigenvalue weighted by Gasteiger charge is -2.07. The number of hydrogen-bond acceptors (Lipinski definition) is 4. The van der Waals surface area contributed by atoms with E-state index in [0.29, 0.717) is 6.54 Å². The lowest BCUT2D eigenvalue weighted by molar-refractivity contribution is -0.132. The van der Waals surface area contributed by atoms with E-state index < -0.39 is 5.97 Å². The molecule has 15 heavy (non-hydrogen) atoms. The average Bonchev–Trinajstić information content (AvgIpc) is 2.71. The minimum Gasteiger partial charge on any atom is -0.464 e. The van der Waals surface area contributed by atoms with Crippen molar-refractivity contribution >= 4 is 23.2 Å². The summed E-state index contributed by atoms with van der Waals surface area (Å²) in [5.41, 5.74) is 0.976. The van der Waals surface area contributed by atoms with Crippen LogP contribution >= 0.6 is 12.2 Å². The van der Waals surface area contributed by atoms with Crippen LogP contribution in [0.3, 0.4) is 0 Å². The molecule has 0 saturated carbocycles. The van der Waals surface area contributed by atoms with Crippen molar-refractivity contribution in [1.82, 2.24) is 14.9 Å². The summed E-state index contributed by atoms with van der Waals surface area (Å²) in [6.07, 6.45) is 3.47. The third-order valence-corrected chi connectivity index (χ3v) is 2.25. The molecule has 5 nitrogen and oxygen atoms in total. The Balaban J connectivity index is 2.50. The molecular weight excluding hydrogens is 214 g/mol. The van der Waals surface area contributed by atoms with Gasteiger partial charge >= 0.3 is 5.97 Å². The first-order valence-corrected chi connectivity index (χ1v) is 4.95. The molecule has 0 radical (unpaired) electrons. The van der Waals surface area contributed by atoms with Crippen molar-refractivity contribution in [2.45, 2.75) is 20.0 Å². The molecule has 0 aliphatic heterocycles. The molecule has 1 N–H and O–H groups in total. The van der Waals surface area contributed by atoms with Crippen molar-refractivity contribution in [3.8, 4) is 0 Å². The molecule has 0 amide bonds. The maximum Gasteiger partial charge on any atom is 0.365 e. The maximum absolute atomic E-state index is 11.0. The molecule has 0 fully saturated rings. The number of ether oxygens (including phenoxy) is 1. The van der Waals surface area contributed by atoms with Crippen LogP contribution in [0, 0.1) is 0 Å². The summed E-state index contributed by atoms with van der Waals surface area (Å²) in [5, 5.41) is 2.81. The normalized spacial score (nSPS) is 9.73. The zero-order valence-corrected chi connectivity index (χ0v) is 9.50. The minimum absolute atomic E-state index is 0.0846. The lowest BCUT2D eigenvalue weighted by Crippen LogP contribution is -2.30. The summed E-state index contributed by atoms with van der Waals surface area (Å²) in [6.45, 7) is 3.33. The fourth-order valence-corrected chi connectivity index (χ4v) is 1.27. The third-order valence-electron chi connectivity index (χ3n) is 1.94. The van der Waals surface area contributed by atoms with E-state index in [9.17, 15) is 4.79 Å². The van der Waals surface area contributed by atoms with E-state index in [0.717, 1.165) is 12.2 Å². The Hall–Kier alpha value is -1.43. The minimum atomic E-state index is -0.521. The molecule has 0 bridgehead atoms. The molecule has 0 unspecified atom stereocenters. The predicted molar refractivity (Wildman–Crippen MR) is 59.4 cm³/mol. The van der Waals surface area contributed by atoms with E-state index in [1.54, 1.807) is 12.5 Å². The van der Waals surface area contributed by atoms with Gasteiger partial charge in [0.05, 0.1) is 25.7 Å². The van der Waals surface area contributed by atoms with E-state index >= 15 is 0 Å². The summed E-state index contributed by atoms with van der Waals surface area (Å²) in [7, 11) is 1.30. The SMILES string of the molecule is CCn1cncc1CNC(=S)C(=O)OC. The van der Waals surface area contributed by atoms with Crippen LogP contribution in [0.15, 0.2) is 12.5 Å². The highest BCUT2D eigenvalue weighted by Crippen LogP contribution is 1.98. The molecule has 6 heteroatoms. The number of imidazole rings is 1. The van der Waals surface area contributed by atoms with Gasteiger partial charge in [-0.3, -0.25) is 0 Å². The standard InChI is InChI=1S/C9H13N3O2S/c1-3-12-6-10-4-7(12)5-11-8(15)9(13)14-2/h4,6H,3,5H2,1-2H3,(H,11,15). The van der Waals surface area contributed by atoms with Gasteiger partial charge in [0.15, 0.2) is 4.99 Å². The zero-order valence-electron chi connectivity index (χ0n) is 8.69. The molecule has 1 heterocycles. The fraction of sp³-hybridized carbons (Fsp3) is 0.444. The van der Waals surface area contributed by atoms with Crippen LogP contribution in [0.5, 0.6) is 0 Å². The molecule has 0 atom stereocenters. The predicted octanol–water partition coefficient (Wildman–Crippen LogP) is 0.493. The summed E-state index contributed by atoms with van der Waals surface area (Å²) in [4.78, 5) is 15.1. The van der Waals surface area contributed by atoms with Crippen molar-refractivity contribution in [2.75, 3.05) is 7.11 Å². The number of hydrogen-bond donors (Lipinski definition) is 1. The number of nitrogens with zero attached hydrogens (tertiary/aromatic N) is 2. The molecule has 0 saturated heterocycles. The van der Waals surface area contributed by atoms with Gasteiger partial charge in [-0.15, -0.1) is 0 Å². The Morgan fingerprint density at radius 1 is 1.73 bits per heavy atom. The van der Waals surface area contributed by atoms with Gasteiger partial charge in [0.1, 0.15) is 0 Å². The van der Waals surface area contributed by atoms with Gasteiger partial charge in [-0.2, -0.15) is 0 Å². The summed E-state index contributed by atoms with van der Waals surface area (Å²) in [5.74, 6) is -0.521. The highest BCUT2D eigenvalue weighted by atomic mass is 32.1. The van der Waals surface area contributed by atoms with Crippen LogP contribution in [0.4, 0.5) is 0 Å². The molecule has 1 aromatic rings. The van der Waals surface area contributed by atoms with Gasteiger partial charge in [0.25, 0.3) is 0 Å². The van der Waals surface area contributed by atoms with E-state index in [-0.39, 0.29) is 4.99 Å². The van der Waals surface area contributed by atoms with Crippen molar-refractivity contribution < 1.29 is 9.53 Å². The van der Waals surface area contributed by atoms with E-state index in [2.05, 4.69) is 15.0 Å². The second kappa shape index (κ2) is 5.45. The van der Waals surface area contributed by atoms with E-state index in [4.69, 9.17) is 12.2 Å². The number of carbonyl (C=O) groups is 1. The number of aryl methyl sites for hydroxylation is 1. The van der Waals surface area contributed by atoms with Gasteiger partial charge in [-0.1, -0.05) is 12.2 Å². The van der Waals surface area contributed by atoms with Crippen molar-refractivity contribution in [3.63, 3.8) is 0 Å². The van der Waals surface area contributed by atoms with Crippen LogP contribution in [0.1, 0.15) is 12.6 Å². The second-order valence-corrected chi connectivity index (χ2v) is 3.25. The zero-order chi connectivity index (χ0) is 11.3. The Morgan fingerprint density at radius 3 is 3.07 bits per heavy atom. The lowest BCUT2D eigenvalue weighted by atomic mass is 10.4. The summed E-state index contributed by atoms with van der Waals surface area (Å²) in [6, 6.07) is 0. The van der Waals surface area contributed by atoms with Gasteiger partial charge in [0.2, 0.25) is 0 Å². The second-order valence-electron chi connectivity index (χ2n) is 2.85. The number of methoxy groups -OCH3 is 1. The first kappa shape index (κ1) is 11.6. The van der Waals surface area contributed by atoms with Crippen LogP contribution in [-0.2, 0) is 22.6 Å². The topological polar surface area (TPSA) is 56.2 Å². The first-order valence-electron chi connectivity index (χ1n) is 4.54. The van der Waals surface area contributed by atoms with Crippen LogP contribution in [-0.4, -0.2) is 27.6 Å². The molecular formula is C9H13N3O2S. The van der Waals surface area contributed by atoms with Gasteiger partial charge in [-0.05, 0) is 6.92 Å². The number of carbonyl (C=O) groups excluding carboxylic acids is 1. The molecule has 0 aliphatic rings. The number of aromatic nitrogens is 2. The number of nitrogens with one attached hydrogen (secondary N) is 1. The van der Waals surface area contributed by atoms with Crippen molar-refractivity contribution in [2.24, 2.45) is 0 Å². The van der Waals surface area contributed by atoms with Crippen LogP contribution in [0.2, 0.25) is 0 Å². The Morgan fingerprint density at radius 2 is 2.47 bits per heavy atom. The Labute approximate surface area is 93.4 Å². The highest BCUT2D eigenvalue weighted by molar-refractivity contribution is 7.81. The first-order chi connectivity index (χ1) is 7.19. The monoisotopic (exact) mass is 227 g/mol. The van der Waals surface area contributed by atoms with Crippen LogP contribution in [0.25, 0.3) is 0 Å². The fourth-order valence-electron chi connectivity index (χ4n) is 1.12. The quantitative estimate of drug-likeness (QED) is 0.601. The smallest absolute Gasteiger partial charge is 0.365 e. The number of thiocarbonyl (C=S) groups is 1. The summed E-state index contributed by atoms with van der Waals surface area (Å²) < 4.78 is 6.44. The Kier molecular flexibility index (Phi) is 4.23. The molecule has 0 aliphatic carbocycles. The Bertz CT molecular complexity index is 362. The molecule has 1 rings (SSSR count). The average molecular weight is 227 g/mol. The molecule has 0 spiro atoms. The summed E-state index contributed by atoms with van der Waals surface area (Å²) >= 11 is 4.81. The molecule has 0 aromatic carbocycles. The number of esters is 1. The number of rotatable bonds is 3. The van der Waals surface area contributed by atoms with Gasteiger partial charge in [0, 0.05) is 12.7 Å². The van der Waals surface area contributed by atoms with Crippen molar-refractivity contribution in [1.29, 1.82) is 0 Å². The van der Waals surface area contributed by atoms with Crippen molar-refractivity contribution in [3.05, 3.63) is 18.2 Å². The molecule has 1 aromatic heterocycles. The van der Waals surface area contributed by atoms with Gasteiger partial charge in [-0.25, -0.2) is 9.78 Å². The van der Waals surface area contributed by atoms with E-state index in [1.165, 1.54) is 7.11 Å². The van der Waals surface area contributed by atoms with E-state index in [1.807, 2.05) is 11.5 Å². The largest absolute Gasteiger partial charge is 0.464 e. The maximum atomic E-state index is 11.0.